The minimum atomic E-state index is -3.76. The van der Waals surface area contributed by atoms with Crippen molar-refractivity contribution in [3.63, 3.8) is 0 Å². The minimum absolute atomic E-state index is 0.103. The van der Waals surface area contributed by atoms with E-state index in [9.17, 15) is 13.2 Å². The molecule has 3 heterocycles. The zero-order valence-corrected chi connectivity index (χ0v) is 19.0. The number of amides is 1. The fourth-order valence-electron chi connectivity index (χ4n) is 4.13. The third-order valence-corrected chi connectivity index (χ3v) is 7.89. The number of rotatable bonds is 7. The van der Waals surface area contributed by atoms with E-state index in [0.29, 0.717) is 38.2 Å². The van der Waals surface area contributed by atoms with E-state index in [0.717, 1.165) is 11.1 Å². The molecule has 1 aliphatic heterocycles. The van der Waals surface area contributed by atoms with Gasteiger partial charge in [0.15, 0.2) is 5.76 Å². The first-order valence-electron chi connectivity index (χ1n) is 10.6. The summed E-state index contributed by atoms with van der Waals surface area (Å²) in [5, 5.41) is 11.0. The van der Waals surface area contributed by atoms with Gasteiger partial charge in [-0.3, -0.25) is 9.48 Å². The molecule has 10 heteroatoms. The highest BCUT2D eigenvalue weighted by Crippen LogP contribution is 2.27. The van der Waals surface area contributed by atoms with Gasteiger partial charge < -0.3 is 9.84 Å². The van der Waals surface area contributed by atoms with Crippen molar-refractivity contribution in [1.29, 1.82) is 0 Å². The van der Waals surface area contributed by atoms with Crippen molar-refractivity contribution in [1.82, 2.24) is 24.6 Å². The summed E-state index contributed by atoms with van der Waals surface area (Å²) < 4.78 is 34.5. The molecule has 0 radical (unpaired) electrons. The first kappa shape index (κ1) is 22.2. The van der Waals surface area contributed by atoms with Gasteiger partial charge in [0, 0.05) is 32.0 Å². The molecule has 32 heavy (non-hydrogen) atoms. The Morgan fingerprint density at radius 1 is 1.22 bits per heavy atom. The molecule has 0 spiro atoms. The maximum atomic E-state index is 13.1. The van der Waals surface area contributed by atoms with Gasteiger partial charge in [-0.05, 0) is 43.9 Å². The smallest absolute Gasteiger partial charge is 0.248 e. The van der Waals surface area contributed by atoms with E-state index < -0.39 is 15.9 Å². The molecule has 9 nitrogen and oxygen atoms in total. The zero-order chi connectivity index (χ0) is 22.7. The van der Waals surface area contributed by atoms with Crippen LogP contribution < -0.4 is 5.32 Å². The Balaban J connectivity index is 1.42. The number of benzene rings is 1. The molecule has 4 rings (SSSR count). The van der Waals surface area contributed by atoms with Crippen molar-refractivity contribution in [3.05, 3.63) is 65.3 Å². The number of aromatic nitrogens is 3. The molecule has 1 aromatic carbocycles. The number of nitrogens with one attached hydrogen (secondary N) is 1. The van der Waals surface area contributed by atoms with Gasteiger partial charge in [-0.2, -0.15) is 9.40 Å². The number of piperidine rings is 1. The molecule has 170 valence electrons. The SMILES string of the molecule is Cc1noc(C)c1S(=O)(=O)N1CCCC(C(=O)NCc2ccccc2Cn2cccn2)C1. The van der Waals surface area contributed by atoms with E-state index in [2.05, 4.69) is 15.6 Å². The fraction of sp³-hybridized carbons (Fsp3) is 0.409. The second-order valence-corrected chi connectivity index (χ2v) is 9.92. The molecule has 1 saturated heterocycles. The Labute approximate surface area is 187 Å². The predicted octanol–water partition coefficient (Wildman–Crippen LogP) is 2.25. The third kappa shape index (κ3) is 4.61. The number of hydrogen-bond acceptors (Lipinski definition) is 6. The van der Waals surface area contributed by atoms with Crippen molar-refractivity contribution in [3.8, 4) is 0 Å². The summed E-state index contributed by atoms with van der Waals surface area (Å²) in [6.07, 6.45) is 4.90. The lowest BCUT2D eigenvalue weighted by molar-refractivity contribution is -0.126. The predicted molar refractivity (Wildman–Crippen MR) is 117 cm³/mol. The highest BCUT2D eigenvalue weighted by atomic mass is 32.2. The van der Waals surface area contributed by atoms with Gasteiger partial charge in [0.2, 0.25) is 15.9 Å². The summed E-state index contributed by atoms with van der Waals surface area (Å²) in [5.74, 6) is -0.280. The molecule has 1 amide bonds. The molecule has 1 N–H and O–H groups in total. The number of carbonyl (C=O) groups is 1. The number of carbonyl (C=O) groups excluding carboxylic acids is 1. The quantitative estimate of drug-likeness (QED) is 0.583. The lowest BCUT2D eigenvalue weighted by Gasteiger charge is -2.31. The van der Waals surface area contributed by atoms with Crippen molar-refractivity contribution in [2.45, 2.75) is 44.7 Å². The lowest BCUT2D eigenvalue weighted by Crippen LogP contribution is -2.45. The van der Waals surface area contributed by atoms with Crippen LogP contribution in [0, 0.1) is 19.8 Å². The summed E-state index contributed by atoms with van der Waals surface area (Å²) in [4.78, 5) is 13.0. The van der Waals surface area contributed by atoms with Crippen molar-refractivity contribution in [2.24, 2.45) is 5.92 Å². The van der Waals surface area contributed by atoms with Gasteiger partial charge in [0.25, 0.3) is 0 Å². The Kier molecular flexibility index (Phi) is 6.43. The monoisotopic (exact) mass is 457 g/mol. The van der Waals surface area contributed by atoms with Crippen molar-refractivity contribution >= 4 is 15.9 Å². The first-order chi connectivity index (χ1) is 15.4. The average Bonchev–Trinajstić information content (AvgIpc) is 3.42. The third-order valence-electron chi connectivity index (χ3n) is 5.78. The van der Waals surface area contributed by atoms with E-state index in [1.807, 2.05) is 41.2 Å². The van der Waals surface area contributed by atoms with Crippen LogP contribution in [0.2, 0.25) is 0 Å². The van der Waals surface area contributed by atoms with Gasteiger partial charge >= 0.3 is 0 Å². The Bertz CT molecular complexity index is 1170. The second-order valence-electron chi connectivity index (χ2n) is 8.05. The molecule has 1 fully saturated rings. The van der Waals surface area contributed by atoms with Crippen LogP contribution in [-0.4, -0.2) is 46.7 Å². The standard InChI is InChI=1S/C22H27N5O4S/c1-16-21(17(2)31-25-16)32(29,30)27-12-5-9-20(15-27)22(28)23-13-18-7-3-4-8-19(18)14-26-11-6-10-24-26/h3-4,6-8,10-11,20H,5,9,12-15H2,1-2H3,(H,23,28). The topological polar surface area (TPSA) is 110 Å². The molecule has 1 aliphatic rings. The van der Waals surface area contributed by atoms with Gasteiger partial charge in [-0.15, -0.1) is 0 Å². The molecule has 1 atom stereocenters. The summed E-state index contributed by atoms with van der Waals surface area (Å²) >= 11 is 0. The van der Waals surface area contributed by atoms with E-state index >= 15 is 0 Å². The molecule has 0 saturated carbocycles. The van der Waals surface area contributed by atoms with Crippen LogP contribution >= 0.6 is 0 Å². The number of aryl methyl sites for hydroxylation is 2. The lowest BCUT2D eigenvalue weighted by atomic mass is 9.98. The van der Waals surface area contributed by atoms with Gasteiger partial charge in [-0.1, -0.05) is 29.4 Å². The van der Waals surface area contributed by atoms with E-state index in [1.165, 1.54) is 4.31 Å². The Hall–Kier alpha value is -2.98. The second kappa shape index (κ2) is 9.25. The van der Waals surface area contributed by atoms with E-state index in [-0.39, 0.29) is 23.1 Å². The summed E-state index contributed by atoms with van der Waals surface area (Å²) in [6, 6.07) is 9.76. The highest BCUT2D eigenvalue weighted by Gasteiger charge is 2.36. The van der Waals surface area contributed by atoms with Crippen LogP contribution in [0.25, 0.3) is 0 Å². The Morgan fingerprint density at radius 2 is 2.00 bits per heavy atom. The molecular formula is C22H27N5O4S. The maximum absolute atomic E-state index is 13.1. The van der Waals surface area contributed by atoms with Crippen LogP contribution in [0.3, 0.4) is 0 Å². The van der Waals surface area contributed by atoms with E-state index in [4.69, 9.17) is 4.52 Å². The molecule has 3 aromatic rings. The van der Waals surface area contributed by atoms with E-state index in [1.54, 1.807) is 20.0 Å². The summed E-state index contributed by atoms with van der Waals surface area (Å²) in [6.45, 7) is 4.71. The van der Waals surface area contributed by atoms with Crippen LogP contribution in [0.1, 0.15) is 35.4 Å². The number of nitrogens with zero attached hydrogens (tertiary/aromatic N) is 4. The average molecular weight is 458 g/mol. The Morgan fingerprint density at radius 3 is 2.69 bits per heavy atom. The van der Waals surface area contributed by atoms with Gasteiger partial charge in [0.1, 0.15) is 10.6 Å². The van der Waals surface area contributed by atoms with Crippen molar-refractivity contribution in [2.75, 3.05) is 13.1 Å². The normalized spacial score (nSPS) is 17.4. The number of hydrogen-bond donors (Lipinski definition) is 1. The summed E-state index contributed by atoms with van der Waals surface area (Å²) in [5.41, 5.74) is 2.41. The zero-order valence-electron chi connectivity index (χ0n) is 18.2. The fourth-order valence-corrected chi connectivity index (χ4v) is 5.94. The van der Waals surface area contributed by atoms with Crippen LogP contribution in [-0.2, 0) is 27.9 Å². The van der Waals surface area contributed by atoms with Crippen LogP contribution in [0.4, 0.5) is 0 Å². The summed E-state index contributed by atoms with van der Waals surface area (Å²) in [7, 11) is -3.76. The highest BCUT2D eigenvalue weighted by molar-refractivity contribution is 7.89. The van der Waals surface area contributed by atoms with Crippen molar-refractivity contribution < 1.29 is 17.7 Å². The molecular weight excluding hydrogens is 430 g/mol. The molecule has 2 aromatic heterocycles. The minimum Gasteiger partial charge on any atom is -0.360 e. The van der Waals surface area contributed by atoms with Gasteiger partial charge in [-0.25, -0.2) is 8.42 Å². The van der Waals surface area contributed by atoms with Crippen LogP contribution in [0.5, 0.6) is 0 Å². The molecule has 0 bridgehead atoms. The maximum Gasteiger partial charge on any atom is 0.248 e. The molecule has 1 unspecified atom stereocenters. The van der Waals surface area contributed by atoms with Gasteiger partial charge in [0.05, 0.1) is 12.5 Å². The largest absolute Gasteiger partial charge is 0.360 e. The number of sulfonamides is 1. The molecule has 0 aliphatic carbocycles. The van der Waals surface area contributed by atoms with Crippen LogP contribution in [0.15, 0.2) is 52.1 Å². The first-order valence-corrected chi connectivity index (χ1v) is 12.0.